The Bertz CT molecular complexity index is 1110. The molecule has 0 unspecified atom stereocenters. The zero-order chi connectivity index (χ0) is 22.4. The quantitative estimate of drug-likeness (QED) is 0.264. The van der Waals surface area contributed by atoms with Crippen molar-refractivity contribution in [2.45, 2.75) is 13.0 Å². The van der Waals surface area contributed by atoms with Crippen LogP contribution in [0.25, 0.3) is 0 Å². The van der Waals surface area contributed by atoms with Gasteiger partial charge in [-0.15, -0.1) is 0 Å². The second-order valence-corrected chi connectivity index (χ2v) is 6.62. The van der Waals surface area contributed by atoms with Gasteiger partial charge in [-0.3, -0.25) is 19.7 Å². The summed E-state index contributed by atoms with van der Waals surface area (Å²) in [5.74, 6) is -1.46. The lowest BCUT2D eigenvalue weighted by Gasteiger charge is -2.17. The monoisotopic (exact) mass is 418 g/mol. The fourth-order valence-corrected chi connectivity index (χ4v) is 2.87. The fraction of sp³-hybridized carbons (Fsp3) is 0.0870. The number of carbonyl (C=O) groups excluding carboxylic acids is 3. The van der Waals surface area contributed by atoms with E-state index in [1.807, 2.05) is 0 Å². The number of non-ortho nitro benzene ring substituents is 1. The van der Waals surface area contributed by atoms with Gasteiger partial charge in [-0.25, -0.2) is 4.79 Å². The molecular weight excluding hydrogens is 400 g/mol. The maximum atomic E-state index is 13.0. The van der Waals surface area contributed by atoms with Gasteiger partial charge in [-0.05, 0) is 36.4 Å². The zero-order valence-corrected chi connectivity index (χ0v) is 16.5. The van der Waals surface area contributed by atoms with Crippen LogP contribution >= 0.6 is 0 Å². The number of nitrogens with one attached hydrogen (secondary N) is 1. The summed E-state index contributed by atoms with van der Waals surface area (Å²) in [5.41, 5.74) is 1.19. The number of nitrogens with zero attached hydrogens (tertiary/aromatic N) is 1. The van der Waals surface area contributed by atoms with Crippen LogP contribution in [0.3, 0.4) is 0 Å². The Hall–Kier alpha value is -4.33. The van der Waals surface area contributed by atoms with E-state index in [-0.39, 0.29) is 17.2 Å². The number of hydrogen-bond acceptors (Lipinski definition) is 6. The predicted octanol–water partition coefficient (Wildman–Crippen LogP) is 4.33. The molecule has 1 amide bonds. The van der Waals surface area contributed by atoms with Crippen LogP contribution in [0, 0.1) is 10.1 Å². The molecule has 0 radical (unpaired) electrons. The van der Waals surface area contributed by atoms with Gasteiger partial charge >= 0.3 is 5.97 Å². The van der Waals surface area contributed by atoms with Crippen LogP contribution in [-0.2, 0) is 9.53 Å². The molecule has 3 aromatic carbocycles. The standard InChI is InChI=1S/C23H18N2O6/c1-15(26)24-19-11-7-18(8-12-19)23(28)31-22(21(27)16-5-3-2-4-6-16)17-9-13-20(14-10-17)25(29)30/h2-14,22H,1H3,(H,24,26)/t22-/m1/s1. The molecule has 0 saturated heterocycles. The van der Waals surface area contributed by atoms with Crippen LogP contribution in [0.2, 0.25) is 0 Å². The average molecular weight is 418 g/mol. The maximum Gasteiger partial charge on any atom is 0.339 e. The summed E-state index contributed by atoms with van der Waals surface area (Å²) in [6.07, 6.45) is -1.29. The van der Waals surface area contributed by atoms with E-state index >= 15 is 0 Å². The van der Waals surface area contributed by atoms with E-state index in [4.69, 9.17) is 4.74 Å². The summed E-state index contributed by atoms with van der Waals surface area (Å²) in [5, 5.41) is 13.5. The third kappa shape index (κ3) is 5.39. The molecule has 3 aromatic rings. The molecule has 1 atom stereocenters. The number of hydrogen-bond donors (Lipinski definition) is 1. The Kier molecular flexibility index (Phi) is 6.51. The van der Waals surface area contributed by atoms with Crippen molar-refractivity contribution in [3.8, 4) is 0 Å². The summed E-state index contributed by atoms with van der Waals surface area (Å²) in [4.78, 5) is 47.2. The highest BCUT2D eigenvalue weighted by atomic mass is 16.6. The topological polar surface area (TPSA) is 116 Å². The van der Waals surface area contributed by atoms with E-state index in [1.54, 1.807) is 30.3 Å². The van der Waals surface area contributed by atoms with E-state index in [2.05, 4.69) is 5.32 Å². The molecule has 0 spiro atoms. The summed E-state index contributed by atoms with van der Waals surface area (Å²) in [6.45, 7) is 1.37. The summed E-state index contributed by atoms with van der Waals surface area (Å²) < 4.78 is 5.51. The number of benzene rings is 3. The number of rotatable bonds is 7. The van der Waals surface area contributed by atoms with Crippen LogP contribution in [-0.4, -0.2) is 22.6 Å². The van der Waals surface area contributed by atoms with Crippen molar-refractivity contribution in [3.05, 3.63) is 106 Å². The first-order valence-corrected chi connectivity index (χ1v) is 9.27. The number of nitro groups is 1. The molecular formula is C23H18N2O6. The number of ketones is 1. The summed E-state index contributed by atoms with van der Waals surface area (Å²) in [7, 11) is 0. The third-order valence-electron chi connectivity index (χ3n) is 4.37. The minimum Gasteiger partial charge on any atom is -0.445 e. The van der Waals surface area contributed by atoms with Gasteiger partial charge in [-0.1, -0.05) is 30.3 Å². The first kappa shape index (κ1) is 21.4. The molecule has 0 aliphatic carbocycles. The van der Waals surface area contributed by atoms with Gasteiger partial charge in [0, 0.05) is 35.9 Å². The highest BCUT2D eigenvalue weighted by molar-refractivity contribution is 6.02. The highest BCUT2D eigenvalue weighted by Gasteiger charge is 2.27. The molecule has 0 bridgehead atoms. The van der Waals surface area contributed by atoms with Crippen molar-refractivity contribution >= 4 is 29.0 Å². The number of esters is 1. The largest absolute Gasteiger partial charge is 0.445 e. The Labute approximate surface area is 177 Å². The second kappa shape index (κ2) is 9.45. The molecule has 8 heteroatoms. The molecule has 0 aliphatic rings. The fourth-order valence-electron chi connectivity index (χ4n) is 2.87. The van der Waals surface area contributed by atoms with Crippen molar-refractivity contribution in [1.29, 1.82) is 0 Å². The van der Waals surface area contributed by atoms with E-state index in [0.29, 0.717) is 16.8 Å². The van der Waals surface area contributed by atoms with E-state index in [1.165, 1.54) is 55.5 Å². The Morgan fingerprint density at radius 2 is 1.48 bits per heavy atom. The van der Waals surface area contributed by atoms with Gasteiger partial charge in [0.1, 0.15) is 0 Å². The molecule has 0 aliphatic heterocycles. The second-order valence-electron chi connectivity index (χ2n) is 6.62. The molecule has 31 heavy (non-hydrogen) atoms. The molecule has 1 N–H and O–H groups in total. The Morgan fingerprint density at radius 1 is 0.871 bits per heavy atom. The van der Waals surface area contributed by atoms with Crippen LogP contribution in [0.15, 0.2) is 78.9 Å². The molecule has 3 rings (SSSR count). The van der Waals surface area contributed by atoms with E-state index < -0.39 is 22.8 Å². The lowest BCUT2D eigenvalue weighted by atomic mass is 9.99. The predicted molar refractivity (Wildman–Crippen MR) is 113 cm³/mol. The number of nitro benzene ring substituents is 1. The normalized spacial score (nSPS) is 11.3. The lowest BCUT2D eigenvalue weighted by Crippen LogP contribution is -2.20. The molecule has 0 fully saturated rings. The summed E-state index contributed by atoms with van der Waals surface area (Å²) in [6, 6.07) is 19.6. The number of ether oxygens (including phenoxy) is 1. The molecule has 0 aromatic heterocycles. The van der Waals surface area contributed by atoms with Crippen LogP contribution in [0.5, 0.6) is 0 Å². The first-order chi connectivity index (χ1) is 14.8. The average Bonchev–Trinajstić information content (AvgIpc) is 2.77. The first-order valence-electron chi connectivity index (χ1n) is 9.27. The zero-order valence-electron chi connectivity index (χ0n) is 16.5. The molecule has 8 nitrogen and oxygen atoms in total. The van der Waals surface area contributed by atoms with E-state index in [0.717, 1.165) is 0 Å². The van der Waals surface area contributed by atoms with Crippen LogP contribution < -0.4 is 5.32 Å². The Balaban J connectivity index is 1.88. The lowest BCUT2D eigenvalue weighted by molar-refractivity contribution is -0.384. The van der Waals surface area contributed by atoms with Crippen LogP contribution in [0.1, 0.15) is 39.3 Å². The van der Waals surface area contributed by atoms with Crippen molar-refractivity contribution in [2.24, 2.45) is 0 Å². The smallest absolute Gasteiger partial charge is 0.339 e. The summed E-state index contributed by atoms with van der Waals surface area (Å²) >= 11 is 0. The van der Waals surface area contributed by atoms with Gasteiger partial charge in [-0.2, -0.15) is 0 Å². The minimum atomic E-state index is -1.29. The molecule has 156 valence electrons. The number of anilines is 1. The van der Waals surface area contributed by atoms with Gasteiger partial charge in [0.15, 0.2) is 6.10 Å². The van der Waals surface area contributed by atoms with Crippen molar-refractivity contribution < 1.29 is 24.0 Å². The SMILES string of the molecule is CC(=O)Nc1ccc(C(=O)O[C@@H](C(=O)c2ccccc2)c2ccc([N+](=O)[O-])cc2)cc1. The van der Waals surface area contributed by atoms with Gasteiger partial charge in [0.05, 0.1) is 10.5 Å². The van der Waals surface area contributed by atoms with Crippen LogP contribution in [0.4, 0.5) is 11.4 Å². The number of amides is 1. The van der Waals surface area contributed by atoms with Crippen molar-refractivity contribution in [1.82, 2.24) is 0 Å². The number of Topliss-reactive ketones (excluding diaryl/α,β-unsaturated/α-hetero) is 1. The van der Waals surface area contributed by atoms with E-state index in [9.17, 15) is 24.5 Å². The molecule has 0 heterocycles. The molecule has 0 saturated carbocycles. The van der Waals surface area contributed by atoms with Gasteiger partial charge < -0.3 is 10.1 Å². The Morgan fingerprint density at radius 3 is 2.03 bits per heavy atom. The van der Waals surface area contributed by atoms with Gasteiger partial charge in [0.2, 0.25) is 11.7 Å². The minimum absolute atomic E-state index is 0.144. The maximum absolute atomic E-state index is 13.0. The van der Waals surface area contributed by atoms with Gasteiger partial charge in [0.25, 0.3) is 5.69 Å². The van der Waals surface area contributed by atoms with Crippen molar-refractivity contribution in [3.63, 3.8) is 0 Å². The highest BCUT2D eigenvalue weighted by Crippen LogP contribution is 2.26. The number of carbonyl (C=O) groups is 3. The van der Waals surface area contributed by atoms with Crippen molar-refractivity contribution in [2.75, 3.05) is 5.32 Å². The third-order valence-corrected chi connectivity index (χ3v) is 4.37.